The number of nitro groups is 1. The molecule has 0 saturated heterocycles. The summed E-state index contributed by atoms with van der Waals surface area (Å²) in [6, 6.07) is 12.5. The van der Waals surface area contributed by atoms with Gasteiger partial charge in [-0.3, -0.25) is 10.1 Å². The third-order valence-corrected chi connectivity index (χ3v) is 4.65. The summed E-state index contributed by atoms with van der Waals surface area (Å²) in [5.41, 5.74) is 1.49. The highest BCUT2D eigenvalue weighted by atomic mass is 35.5. The molecule has 0 aliphatic heterocycles. The van der Waals surface area contributed by atoms with Crippen LogP contribution in [0.15, 0.2) is 52.7 Å². The normalized spacial score (nSPS) is 12.3. The van der Waals surface area contributed by atoms with Crippen LogP contribution in [0.2, 0.25) is 5.02 Å². The number of rotatable bonds is 3. The summed E-state index contributed by atoms with van der Waals surface area (Å²) in [7, 11) is 1.92. The number of hydrogen-bond donors (Lipinski definition) is 0. The van der Waals surface area contributed by atoms with Gasteiger partial charge in [-0.15, -0.1) is 5.10 Å². The molecule has 0 spiro atoms. The second kappa shape index (κ2) is 6.31. The van der Waals surface area contributed by atoms with Gasteiger partial charge < -0.3 is 4.57 Å². The first kappa shape index (κ1) is 15.4. The Balaban J connectivity index is 1.95. The van der Waals surface area contributed by atoms with Crippen molar-refractivity contribution < 1.29 is 4.92 Å². The van der Waals surface area contributed by atoms with Crippen molar-refractivity contribution in [3.8, 4) is 0 Å². The van der Waals surface area contributed by atoms with Crippen molar-refractivity contribution in [2.75, 3.05) is 0 Å². The lowest BCUT2D eigenvalue weighted by Crippen LogP contribution is -2.08. The monoisotopic (exact) mass is 346 g/mol. The van der Waals surface area contributed by atoms with Gasteiger partial charge in [0.05, 0.1) is 21.4 Å². The molecule has 0 aliphatic rings. The van der Waals surface area contributed by atoms with E-state index in [1.54, 1.807) is 6.07 Å². The quantitative estimate of drug-likeness (QED) is 0.411. The number of benzene rings is 2. The first-order chi connectivity index (χ1) is 11.1. The van der Waals surface area contributed by atoms with E-state index in [0.717, 1.165) is 15.0 Å². The van der Waals surface area contributed by atoms with E-state index < -0.39 is 4.92 Å². The first-order valence-corrected chi connectivity index (χ1v) is 7.81. The van der Waals surface area contributed by atoms with E-state index in [1.165, 1.54) is 29.7 Å². The zero-order valence-electron chi connectivity index (χ0n) is 12.0. The van der Waals surface area contributed by atoms with Crippen molar-refractivity contribution in [2.45, 2.75) is 0 Å². The maximum Gasteiger partial charge on any atom is 0.288 e. The zero-order valence-corrected chi connectivity index (χ0v) is 13.6. The molecule has 23 heavy (non-hydrogen) atoms. The minimum absolute atomic E-state index is 0.0972. The first-order valence-electron chi connectivity index (χ1n) is 6.62. The largest absolute Gasteiger partial charge is 0.318 e. The van der Waals surface area contributed by atoms with E-state index in [4.69, 9.17) is 11.6 Å². The molecule has 0 fully saturated rings. The van der Waals surface area contributed by atoms with Crippen LogP contribution in [0.3, 0.4) is 0 Å². The van der Waals surface area contributed by atoms with E-state index in [1.807, 2.05) is 35.9 Å². The van der Waals surface area contributed by atoms with Crippen molar-refractivity contribution in [2.24, 2.45) is 17.3 Å². The Morgan fingerprint density at radius 3 is 2.83 bits per heavy atom. The van der Waals surface area contributed by atoms with Gasteiger partial charge in [0.2, 0.25) is 4.80 Å². The van der Waals surface area contributed by atoms with Gasteiger partial charge in [0.15, 0.2) is 0 Å². The number of nitro benzene ring substituents is 1. The Morgan fingerprint density at radius 1 is 1.30 bits per heavy atom. The number of thiazole rings is 1. The molecule has 3 rings (SSSR count). The van der Waals surface area contributed by atoms with Crippen LogP contribution in [0.4, 0.5) is 5.69 Å². The van der Waals surface area contributed by atoms with Crippen LogP contribution >= 0.6 is 22.9 Å². The van der Waals surface area contributed by atoms with Gasteiger partial charge >= 0.3 is 0 Å². The average molecular weight is 347 g/mol. The summed E-state index contributed by atoms with van der Waals surface area (Å²) >= 11 is 7.30. The van der Waals surface area contributed by atoms with Gasteiger partial charge in [-0.1, -0.05) is 41.1 Å². The molecule has 0 saturated carbocycles. The van der Waals surface area contributed by atoms with Crippen LogP contribution in [-0.2, 0) is 7.05 Å². The molecule has 3 aromatic rings. The Hall–Kier alpha value is -2.51. The molecule has 0 radical (unpaired) electrons. The summed E-state index contributed by atoms with van der Waals surface area (Å²) in [6.07, 6.45) is 1.47. The van der Waals surface area contributed by atoms with Gasteiger partial charge in [0.25, 0.3) is 5.69 Å². The van der Waals surface area contributed by atoms with Crippen LogP contribution in [0, 0.1) is 10.1 Å². The van der Waals surface area contributed by atoms with E-state index >= 15 is 0 Å². The fourth-order valence-electron chi connectivity index (χ4n) is 2.07. The van der Waals surface area contributed by atoms with Crippen LogP contribution in [-0.4, -0.2) is 15.7 Å². The van der Waals surface area contributed by atoms with Crippen molar-refractivity contribution in [3.63, 3.8) is 0 Å². The highest BCUT2D eigenvalue weighted by Crippen LogP contribution is 2.24. The molecule has 0 aliphatic carbocycles. The summed E-state index contributed by atoms with van der Waals surface area (Å²) < 4.78 is 3.06. The minimum atomic E-state index is -0.525. The van der Waals surface area contributed by atoms with E-state index in [9.17, 15) is 10.1 Å². The molecule has 0 bridgehead atoms. The van der Waals surface area contributed by atoms with Crippen LogP contribution in [0.25, 0.3) is 10.2 Å². The van der Waals surface area contributed by atoms with Crippen LogP contribution in [0.1, 0.15) is 5.56 Å². The van der Waals surface area contributed by atoms with Gasteiger partial charge in [0.1, 0.15) is 5.02 Å². The zero-order chi connectivity index (χ0) is 16.4. The molecule has 2 aromatic carbocycles. The van der Waals surface area contributed by atoms with E-state index in [2.05, 4.69) is 10.2 Å². The summed E-state index contributed by atoms with van der Waals surface area (Å²) in [4.78, 5) is 11.1. The maximum absolute atomic E-state index is 10.9. The van der Waals surface area contributed by atoms with Crippen molar-refractivity contribution in [1.29, 1.82) is 0 Å². The molecular weight excluding hydrogens is 336 g/mol. The standard InChI is InChI=1S/C15H11ClN4O2S/c1-19-12-4-2-3-5-14(12)23-15(19)18-17-9-10-6-7-11(16)13(8-10)20(21)22/h2-9H,1H3. The third-order valence-electron chi connectivity index (χ3n) is 3.23. The number of aryl methyl sites for hydroxylation is 1. The lowest BCUT2D eigenvalue weighted by atomic mass is 10.2. The number of nitrogens with zero attached hydrogens (tertiary/aromatic N) is 4. The third kappa shape index (κ3) is 3.15. The summed E-state index contributed by atoms with van der Waals surface area (Å²) in [5.74, 6) is 0. The molecule has 0 atom stereocenters. The number of para-hydroxylation sites is 1. The molecule has 1 heterocycles. The van der Waals surface area contributed by atoms with Crippen LogP contribution in [0.5, 0.6) is 0 Å². The fraction of sp³-hybridized carbons (Fsp3) is 0.0667. The highest BCUT2D eigenvalue weighted by Gasteiger charge is 2.11. The Morgan fingerprint density at radius 2 is 2.09 bits per heavy atom. The molecule has 0 N–H and O–H groups in total. The Bertz CT molecular complexity index is 991. The van der Waals surface area contributed by atoms with E-state index in [0.29, 0.717) is 5.56 Å². The second-order valence-corrected chi connectivity index (χ2v) is 6.14. The molecule has 1 aromatic heterocycles. The molecular formula is C15H11ClN4O2S. The Labute approximate surface area is 140 Å². The molecule has 6 nitrogen and oxygen atoms in total. The Kier molecular flexibility index (Phi) is 4.22. The maximum atomic E-state index is 10.9. The number of halogens is 1. The van der Waals surface area contributed by atoms with Gasteiger partial charge in [0, 0.05) is 18.7 Å². The number of aromatic nitrogens is 1. The topological polar surface area (TPSA) is 72.8 Å². The highest BCUT2D eigenvalue weighted by molar-refractivity contribution is 7.16. The lowest BCUT2D eigenvalue weighted by molar-refractivity contribution is -0.384. The SMILES string of the molecule is Cn1c(=NN=Cc2ccc(Cl)c([N+](=O)[O-])c2)sc2ccccc21. The smallest absolute Gasteiger partial charge is 0.288 e. The predicted octanol–water partition coefficient (Wildman–Crippen LogP) is 3.74. The molecule has 8 heteroatoms. The fourth-order valence-corrected chi connectivity index (χ4v) is 3.24. The van der Waals surface area contributed by atoms with Crippen LogP contribution < -0.4 is 4.80 Å². The summed E-state index contributed by atoms with van der Waals surface area (Å²) in [6.45, 7) is 0. The second-order valence-electron chi connectivity index (χ2n) is 4.72. The van der Waals surface area contributed by atoms with Crippen molar-refractivity contribution >= 4 is 45.1 Å². The molecule has 116 valence electrons. The van der Waals surface area contributed by atoms with Gasteiger partial charge in [-0.25, -0.2) is 0 Å². The van der Waals surface area contributed by atoms with Crippen molar-refractivity contribution in [3.05, 3.63) is 68.0 Å². The predicted molar refractivity (Wildman–Crippen MR) is 92.1 cm³/mol. The minimum Gasteiger partial charge on any atom is -0.318 e. The molecule has 0 amide bonds. The average Bonchev–Trinajstić information content (AvgIpc) is 2.85. The van der Waals surface area contributed by atoms with Gasteiger partial charge in [-0.05, 0) is 18.2 Å². The lowest BCUT2D eigenvalue weighted by Gasteiger charge is -1.96. The van der Waals surface area contributed by atoms with Crippen molar-refractivity contribution in [1.82, 2.24) is 4.57 Å². The number of hydrogen-bond acceptors (Lipinski definition) is 5. The number of fused-ring (bicyclic) bond motifs is 1. The summed E-state index contributed by atoms with van der Waals surface area (Å²) in [5, 5.41) is 19.2. The van der Waals surface area contributed by atoms with Gasteiger partial charge in [-0.2, -0.15) is 5.10 Å². The molecule has 0 unspecified atom stereocenters. The van der Waals surface area contributed by atoms with E-state index in [-0.39, 0.29) is 10.7 Å².